The van der Waals surface area contributed by atoms with Gasteiger partial charge in [-0.15, -0.1) is 23.1 Å². The molecular formula is C23H21N3O2S2. The second-order valence-corrected chi connectivity index (χ2v) is 8.79. The van der Waals surface area contributed by atoms with Gasteiger partial charge in [-0.25, -0.2) is 4.98 Å². The van der Waals surface area contributed by atoms with Gasteiger partial charge in [0.2, 0.25) is 11.8 Å². The van der Waals surface area contributed by atoms with Crippen molar-refractivity contribution in [2.45, 2.75) is 24.3 Å². The molecule has 2 aromatic carbocycles. The van der Waals surface area contributed by atoms with Crippen LogP contribution in [-0.4, -0.2) is 22.6 Å². The first kappa shape index (κ1) is 20.4. The molecule has 0 bridgehead atoms. The summed E-state index contributed by atoms with van der Waals surface area (Å²) in [5, 5.41) is 5.50. The molecule has 3 aromatic rings. The van der Waals surface area contributed by atoms with Gasteiger partial charge in [-0.2, -0.15) is 0 Å². The van der Waals surface area contributed by atoms with Crippen LogP contribution in [0.4, 0.5) is 10.8 Å². The average molecular weight is 436 g/mol. The minimum atomic E-state index is -0.150. The van der Waals surface area contributed by atoms with Crippen molar-refractivity contribution in [3.8, 4) is 0 Å². The third kappa shape index (κ3) is 4.63. The Morgan fingerprint density at radius 3 is 2.70 bits per heavy atom. The number of aromatic nitrogens is 1. The summed E-state index contributed by atoms with van der Waals surface area (Å²) in [4.78, 5) is 31.9. The van der Waals surface area contributed by atoms with Gasteiger partial charge in [0.05, 0.1) is 17.4 Å². The maximum Gasteiger partial charge on any atom is 0.244 e. The highest BCUT2D eigenvalue weighted by molar-refractivity contribution is 7.99. The predicted molar refractivity (Wildman–Crippen MR) is 123 cm³/mol. The molecule has 30 heavy (non-hydrogen) atoms. The number of nitrogens with zero attached hydrogens (tertiary/aromatic N) is 2. The Kier molecular flexibility index (Phi) is 6.30. The number of thiazole rings is 1. The monoisotopic (exact) mass is 435 g/mol. The van der Waals surface area contributed by atoms with E-state index in [1.54, 1.807) is 11.0 Å². The lowest BCUT2D eigenvalue weighted by atomic mass is 10.0. The summed E-state index contributed by atoms with van der Waals surface area (Å²) in [7, 11) is 0. The Bertz CT molecular complexity index is 1080. The van der Waals surface area contributed by atoms with Gasteiger partial charge < -0.3 is 5.32 Å². The van der Waals surface area contributed by atoms with Crippen LogP contribution in [-0.2, 0) is 9.59 Å². The van der Waals surface area contributed by atoms with Crippen LogP contribution in [0.25, 0.3) is 6.08 Å². The Morgan fingerprint density at radius 2 is 1.90 bits per heavy atom. The number of hydrogen-bond acceptors (Lipinski definition) is 5. The molecule has 0 saturated carbocycles. The zero-order chi connectivity index (χ0) is 20.9. The van der Waals surface area contributed by atoms with Crippen LogP contribution < -0.4 is 10.2 Å². The normalized spacial score (nSPS) is 15.6. The van der Waals surface area contributed by atoms with Crippen LogP contribution in [0.5, 0.6) is 0 Å². The molecule has 7 heteroatoms. The molecule has 0 fully saturated rings. The quantitative estimate of drug-likeness (QED) is 0.560. The highest BCUT2D eigenvalue weighted by Gasteiger charge is 2.21. The lowest BCUT2D eigenvalue weighted by Crippen LogP contribution is -2.29. The van der Waals surface area contributed by atoms with Crippen LogP contribution in [0.1, 0.15) is 30.6 Å². The summed E-state index contributed by atoms with van der Waals surface area (Å²) >= 11 is 3.19. The Hall–Kier alpha value is -2.90. The summed E-state index contributed by atoms with van der Waals surface area (Å²) in [6.45, 7) is 1.51. The van der Waals surface area contributed by atoms with Crippen molar-refractivity contribution in [2.24, 2.45) is 0 Å². The molecule has 1 aliphatic rings. The number of fused-ring (bicyclic) bond motifs is 1. The van der Waals surface area contributed by atoms with Crippen LogP contribution in [0.3, 0.4) is 0 Å². The number of thioether (sulfide) groups is 1. The summed E-state index contributed by atoms with van der Waals surface area (Å²) in [5.41, 5.74) is 2.58. The molecule has 5 nitrogen and oxygen atoms in total. The Labute approximate surface area is 183 Å². The number of para-hydroxylation sites is 1. The number of nitrogens with one attached hydrogen (secondary N) is 1. The van der Waals surface area contributed by atoms with Gasteiger partial charge >= 0.3 is 0 Å². The van der Waals surface area contributed by atoms with E-state index in [0.29, 0.717) is 10.8 Å². The van der Waals surface area contributed by atoms with Crippen molar-refractivity contribution >= 4 is 51.8 Å². The van der Waals surface area contributed by atoms with Crippen molar-refractivity contribution in [1.82, 2.24) is 10.3 Å². The third-order valence-corrected chi connectivity index (χ3v) is 6.68. The minimum Gasteiger partial charge on any atom is -0.346 e. The van der Waals surface area contributed by atoms with E-state index in [-0.39, 0.29) is 17.9 Å². The fourth-order valence-electron chi connectivity index (χ4n) is 3.33. The summed E-state index contributed by atoms with van der Waals surface area (Å²) in [5.74, 6) is 0.724. The molecule has 2 amide bonds. The largest absolute Gasteiger partial charge is 0.346 e. The molecule has 1 N–H and O–H groups in total. The highest BCUT2D eigenvalue weighted by atomic mass is 32.2. The molecule has 2 heterocycles. The smallest absolute Gasteiger partial charge is 0.244 e. The molecule has 0 saturated heterocycles. The van der Waals surface area contributed by atoms with Crippen LogP contribution in [0.15, 0.2) is 70.9 Å². The number of carbonyl (C=O) groups is 2. The van der Waals surface area contributed by atoms with Gasteiger partial charge in [-0.05, 0) is 36.3 Å². The van der Waals surface area contributed by atoms with Crippen molar-refractivity contribution < 1.29 is 9.59 Å². The maximum atomic E-state index is 12.5. The Balaban J connectivity index is 1.45. The molecule has 0 aliphatic carbocycles. The van der Waals surface area contributed by atoms with Crippen LogP contribution in [0.2, 0.25) is 0 Å². The van der Waals surface area contributed by atoms with Crippen molar-refractivity contribution in [3.05, 3.63) is 77.3 Å². The number of amides is 2. The first-order chi connectivity index (χ1) is 14.6. The van der Waals surface area contributed by atoms with Gasteiger partial charge in [0.1, 0.15) is 0 Å². The predicted octanol–water partition coefficient (Wildman–Crippen LogP) is 5.19. The van der Waals surface area contributed by atoms with E-state index in [1.807, 2.05) is 59.6 Å². The summed E-state index contributed by atoms with van der Waals surface area (Å²) < 4.78 is 0. The molecule has 0 unspecified atom stereocenters. The first-order valence-corrected chi connectivity index (χ1v) is 11.5. The fraction of sp³-hybridized carbons (Fsp3) is 0.174. The number of anilines is 2. The lowest BCUT2D eigenvalue weighted by Gasteiger charge is -2.25. The molecule has 1 aromatic heterocycles. The van der Waals surface area contributed by atoms with E-state index < -0.39 is 0 Å². The molecule has 0 radical (unpaired) electrons. The fourth-order valence-corrected chi connectivity index (χ4v) is 5.31. The highest BCUT2D eigenvalue weighted by Crippen LogP contribution is 2.35. The van der Waals surface area contributed by atoms with Gasteiger partial charge in [0, 0.05) is 29.0 Å². The van der Waals surface area contributed by atoms with Gasteiger partial charge in [0.25, 0.3) is 0 Å². The SMILES string of the molecule is CC(=O)N(c1ccccc1)c1nc(/C=C/C(=O)N[C@@H]2CCSc3ccccc32)cs1. The third-order valence-electron chi connectivity index (χ3n) is 4.71. The first-order valence-electron chi connectivity index (χ1n) is 9.63. The summed E-state index contributed by atoms with van der Waals surface area (Å²) in [6, 6.07) is 17.6. The maximum absolute atomic E-state index is 12.5. The van der Waals surface area contributed by atoms with Crippen molar-refractivity contribution in [2.75, 3.05) is 10.7 Å². The van der Waals surface area contributed by atoms with Crippen LogP contribution in [0, 0.1) is 0 Å². The van der Waals surface area contributed by atoms with E-state index in [4.69, 9.17) is 0 Å². The number of rotatable bonds is 5. The summed E-state index contributed by atoms with van der Waals surface area (Å²) in [6.07, 6.45) is 4.10. The Morgan fingerprint density at radius 1 is 1.13 bits per heavy atom. The zero-order valence-electron chi connectivity index (χ0n) is 16.4. The second kappa shape index (κ2) is 9.28. The van der Waals surface area contributed by atoms with E-state index in [9.17, 15) is 9.59 Å². The number of hydrogen-bond donors (Lipinski definition) is 1. The van der Waals surface area contributed by atoms with Crippen molar-refractivity contribution in [1.29, 1.82) is 0 Å². The van der Waals surface area contributed by atoms with E-state index >= 15 is 0 Å². The molecule has 1 aliphatic heterocycles. The standard InChI is InChI=1S/C23H21N3O2S2/c1-16(27)26(18-7-3-2-4-8-18)23-24-17(15-30-23)11-12-22(28)25-20-13-14-29-21-10-6-5-9-19(20)21/h2-12,15,20H,13-14H2,1H3,(H,25,28)/b12-11+/t20-/m1/s1. The topological polar surface area (TPSA) is 62.3 Å². The second-order valence-electron chi connectivity index (χ2n) is 6.81. The van der Waals surface area contributed by atoms with E-state index in [2.05, 4.69) is 22.4 Å². The molecule has 152 valence electrons. The van der Waals surface area contributed by atoms with E-state index in [0.717, 1.165) is 17.9 Å². The molecule has 4 rings (SSSR count). The zero-order valence-corrected chi connectivity index (χ0v) is 18.1. The molecule has 1 atom stereocenters. The minimum absolute atomic E-state index is 0.0249. The van der Waals surface area contributed by atoms with Gasteiger partial charge in [-0.1, -0.05) is 36.4 Å². The molecule has 0 spiro atoms. The van der Waals surface area contributed by atoms with Gasteiger partial charge in [-0.3, -0.25) is 14.5 Å². The van der Waals surface area contributed by atoms with Crippen molar-refractivity contribution in [3.63, 3.8) is 0 Å². The van der Waals surface area contributed by atoms with Crippen LogP contribution >= 0.6 is 23.1 Å². The molecular weight excluding hydrogens is 414 g/mol. The average Bonchev–Trinajstić information content (AvgIpc) is 3.21. The number of carbonyl (C=O) groups excluding carboxylic acids is 2. The van der Waals surface area contributed by atoms with E-state index in [1.165, 1.54) is 34.8 Å². The lowest BCUT2D eigenvalue weighted by molar-refractivity contribution is -0.117. The number of benzene rings is 2. The van der Waals surface area contributed by atoms with Gasteiger partial charge in [0.15, 0.2) is 5.13 Å².